The summed E-state index contributed by atoms with van der Waals surface area (Å²) in [5.41, 5.74) is 8.89. The third-order valence-corrected chi connectivity index (χ3v) is 6.48. The van der Waals surface area contributed by atoms with E-state index >= 15 is 0 Å². The van der Waals surface area contributed by atoms with Crippen molar-refractivity contribution in [3.8, 4) is 22.5 Å². The molecule has 164 valence electrons. The number of nitrogens with zero attached hydrogens (tertiary/aromatic N) is 5. The monoisotopic (exact) mass is 436 g/mol. The van der Waals surface area contributed by atoms with Gasteiger partial charge in [0.05, 0.1) is 11.4 Å². The highest BCUT2D eigenvalue weighted by molar-refractivity contribution is 5.80. The number of nitrogens with one attached hydrogen (secondary N) is 1. The second kappa shape index (κ2) is 7.64. The van der Waals surface area contributed by atoms with Crippen LogP contribution in [-0.4, -0.2) is 35.1 Å². The molecule has 3 heterocycles. The Balaban J connectivity index is 1.39. The fraction of sp³-hybridized carbons (Fsp3) is 0.231. The molecule has 1 saturated carbocycles. The Morgan fingerprint density at radius 3 is 2.45 bits per heavy atom. The van der Waals surface area contributed by atoms with Gasteiger partial charge in [0.1, 0.15) is 11.8 Å². The third-order valence-electron chi connectivity index (χ3n) is 6.48. The first kappa shape index (κ1) is 19.8. The second-order valence-electron chi connectivity index (χ2n) is 8.83. The van der Waals surface area contributed by atoms with Crippen molar-refractivity contribution in [2.75, 3.05) is 0 Å². The molecule has 33 heavy (non-hydrogen) atoms. The summed E-state index contributed by atoms with van der Waals surface area (Å²) in [6.07, 6.45) is 3.76. The van der Waals surface area contributed by atoms with Crippen molar-refractivity contribution in [1.29, 1.82) is 0 Å². The SMILES string of the molecule is Cc1cc(C)c2nc(C3CC3)cn2c1C(O)c1ccc(-c2ccccc2-c2nn[nH]n2)cc1. The first-order valence-corrected chi connectivity index (χ1v) is 11.2. The first-order valence-electron chi connectivity index (χ1n) is 11.2. The largest absolute Gasteiger partial charge is 0.382 e. The molecule has 5 aromatic rings. The highest BCUT2D eigenvalue weighted by Gasteiger charge is 2.28. The minimum Gasteiger partial charge on any atom is -0.382 e. The molecule has 1 fully saturated rings. The Morgan fingerprint density at radius 2 is 1.76 bits per heavy atom. The van der Waals surface area contributed by atoms with Gasteiger partial charge in [-0.25, -0.2) is 4.98 Å². The number of hydrogen-bond donors (Lipinski definition) is 2. The summed E-state index contributed by atoms with van der Waals surface area (Å²) in [7, 11) is 0. The minimum atomic E-state index is -0.754. The van der Waals surface area contributed by atoms with Crippen LogP contribution in [0.15, 0.2) is 60.8 Å². The van der Waals surface area contributed by atoms with E-state index in [0.717, 1.165) is 50.4 Å². The van der Waals surface area contributed by atoms with E-state index in [9.17, 15) is 5.11 Å². The van der Waals surface area contributed by atoms with Crippen molar-refractivity contribution in [3.63, 3.8) is 0 Å². The Hall–Kier alpha value is -3.84. The van der Waals surface area contributed by atoms with E-state index < -0.39 is 6.10 Å². The van der Waals surface area contributed by atoms with Gasteiger partial charge in [0.15, 0.2) is 0 Å². The van der Waals surface area contributed by atoms with Crippen LogP contribution in [-0.2, 0) is 0 Å². The van der Waals surface area contributed by atoms with Gasteiger partial charge < -0.3 is 9.51 Å². The van der Waals surface area contributed by atoms with E-state index in [1.54, 1.807) is 0 Å². The lowest BCUT2D eigenvalue weighted by Crippen LogP contribution is -2.09. The number of aryl methyl sites for hydroxylation is 2. The molecular weight excluding hydrogens is 412 g/mol. The Morgan fingerprint density at radius 1 is 1.00 bits per heavy atom. The van der Waals surface area contributed by atoms with Crippen LogP contribution < -0.4 is 0 Å². The number of imidazole rings is 1. The predicted octanol–water partition coefficient (Wildman–Crippen LogP) is 4.76. The quantitative estimate of drug-likeness (QED) is 0.415. The van der Waals surface area contributed by atoms with Crippen molar-refractivity contribution >= 4 is 5.65 Å². The van der Waals surface area contributed by atoms with Crippen molar-refractivity contribution in [2.45, 2.75) is 38.7 Å². The zero-order valence-corrected chi connectivity index (χ0v) is 18.5. The standard InChI is InChI=1S/C26H24N6O/c1-15-13-16(2)26-27-22(18-9-10-18)14-32(26)23(15)24(33)19-11-7-17(8-12-19)20-5-3-4-6-21(20)25-28-30-31-29-25/h3-8,11-14,18,24,33H,9-10H2,1-2H3,(H,28,29,30,31). The van der Waals surface area contributed by atoms with E-state index in [2.05, 4.69) is 51.1 Å². The lowest BCUT2D eigenvalue weighted by atomic mass is 9.95. The molecule has 7 nitrogen and oxygen atoms in total. The van der Waals surface area contributed by atoms with Crippen LogP contribution in [0.4, 0.5) is 0 Å². The lowest BCUT2D eigenvalue weighted by molar-refractivity contribution is 0.213. The molecule has 0 bridgehead atoms. The molecule has 7 heteroatoms. The topological polar surface area (TPSA) is 92.0 Å². The molecule has 0 radical (unpaired) electrons. The number of aromatic amines is 1. The maximum Gasteiger partial charge on any atom is 0.205 e. The zero-order chi connectivity index (χ0) is 22.5. The van der Waals surface area contributed by atoms with E-state index in [1.807, 2.05) is 48.5 Å². The summed E-state index contributed by atoms with van der Waals surface area (Å²) < 4.78 is 2.09. The van der Waals surface area contributed by atoms with Crippen molar-refractivity contribution in [3.05, 3.63) is 88.9 Å². The molecule has 6 rings (SSSR count). The number of pyridine rings is 1. The molecule has 2 aromatic carbocycles. The van der Waals surface area contributed by atoms with Crippen LogP contribution in [0.3, 0.4) is 0 Å². The van der Waals surface area contributed by atoms with Crippen LogP contribution in [0, 0.1) is 13.8 Å². The number of aliphatic hydroxyl groups excluding tert-OH is 1. The van der Waals surface area contributed by atoms with Gasteiger partial charge in [0.25, 0.3) is 0 Å². The Bertz CT molecular complexity index is 1450. The average molecular weight is 437 g/mol. The summed E-state index contributed by atoms with van der Waals surface area (Å²) in [4.78, 5) is 4.87. The third kappa shape index (κ3) is 3.41. The maximum absolute atomic E-state index is 11.4. The zero-order valence-electron chi connectivity index (χ0n) is 18.5. The van der Waals surface area contributed by atoms with Gasteiger partial charge in [0.2, 0.25) is 5.82 Å². The normalized spacial score (nSPS) is 14.6. The van der Waals surface area contributed by atoms with Crippen LogP contribution in [0.5, 0.6) is 0 Å². The molecule has 1 aliphatic carbocycles. The first-order chi connectivity index (χ1) is 16.1. The van der Waals surface area contributed by atoms with E-state index in [1.165, 1.54) is 12.8 Å². The number of fused-ring (bicyclic) bond motifs is 1. The average Bonchev–Trinajstić information content (AvgIpc) is 3.35. The molecule has 1 aliphatic rings. The molecule has 0 amide bonds. The van der Waals surface area contributed by atoms with Crippen molar-refractivity contribution < 1.29 is 5.11 Å². The van der Waals surface area contributed by atoms with Gasteiger partial charge >= 0.3 is 0 Å². The van der Waals surface area contributed by atoms with E-state index in [0.29, 0.717) is 11.7 Å². The highest BCUT2D eigenvalue weighted by atomic mass is 16.3. The molecular formula is C26H24N6O. The molecule has 1 atom stereocenters. The fourth-order valence-electron chi connectivity index (χ4n) is 4.65. The Labute approximate surface area is 191 Å². The summed E-state index contributed by atoms with van der Waals surface area (Å²) in [5, 5.41) is 25.9. The number of rotatable bonds is 5. The number of H-pyrrole nitrogens is 1. The smallest absolute Gasteiger partial charge is 0.205 e. The van der Waals surface area contributed by atoms with Gasteiger partial charge in [-0.1, -0.05) is 54.6 Å². The number of benzene rings is 2. The van der Waals surface area contributed by atoms with Crippen LogP contribution in [0.25, 0.3) is 28.2 Å². The predicted molar refractivity (Wildman–Crippen MR) is 126 cm³/mol. The van der Waals surface area contributed by atoms with Gasteiger partial charge in [-0.2, -0.15) is 5.21 Å². The van der Waals surface area contributed by atoms with Gasteiger partial charge in [-0.15, -0.1) is 10.2 Å². The van der Waals surface area contributed by atoms with E-state index in [-0.39, 0.29) is 0 Å². The van der Waals surface area contributed by atoms with Crippen LogP contribution >= 0.6 is 0 Å². The second-order valence-corrected chi connectivity index (χ2v) is 8.83. The molecule has 0 saturated heterocycles. The minimum absolute atomic E-state index is 0.555. The summed E-state index contributed by atoms with van der Waals surface area (Å²) in [6, 6.07) is 18.1. The lowest BCUT2D eigenvalue weighted by Gasteiger charge is -2.18. The van der Waals surface area contributed by atoms with Gasteiger partial charge in [-0.05, 0) is 59.7 Å². The molecule has 1 unspecified atom stereocenters. The summed E-state index contributed by atoms with van der Waals surface area (Å²) in [5.74, 6) is 1.12. The molecule has 0 aliphatic heterocycles. The summed E-state index contributed by atoms with van der Waals surface area (Å²) in [6.45, 7) is 4.13. The van der Waals surface area contributed by atoms with Crippen molar-refractivity contribution in [2.24, 2.45) is 0 Å². The van der Waals surface area contributed by atoms with Gasteiger partial charge in [0, 0.05) is 17.7 Å². The van der Waals surface area contributed by atoms with Crippen LogP contribution in [0.2, 0.25) is 0 Å². The number of aromatic nitrogens is 6. The summed E-state index contributed by atoms with van der Waals surface area (Å²) >= 11 is 0. The van der Waals surface area contributed by atoms with Crippen molar-refractivity contribution in [1.82, 2.24) is 30.0 Å². The molecule has 2 N–H and O–H groups in total. The fourth-order valence-corrected chi connectivity index (χ4v) is 4.65. The molecule has 0 spiro atoms. The highest BCUT2D eigenvalue weighted by Crippen LogP contribution is 2.40. The maximum atomic E-state index is 11.4. The Kier molecular flexibility index (Phi) is 4.58. The van der Waals surface area contributed by atoms with Gasteiger partial charge in [-0.3, -0.25) is 0 Å². The number of tetrazole rings is 1. The van der Waals surface area contributed by atoms with E-state index in [4.69, 9.17) is 4.98 Å². The number of hydrogen-bond acceptors (Lipinski definition) is 5. The molecule has 3 aromatic heterocycles. The number of aliphatic hydroxyl groups is 1. The van der Waals surface area contributed by atoms with Crippen LogP contribution in [0.1, 0.15) is 52.9 Å².